The van der Waals surface area contributed by atoms with Crippen molar-refractivity contribution in [2.75, 3.05) is 5.88 Å². The van der Waals surface area contributed by atoms with Crippen molar-refractivity contribution in [3.8, 4) is 0 Å². The Morgan fingerprint density at radius 1 is 1.33 bits per heavy atom. The van der Waals surface area contributed by atoms with Gasteiger partial charge in [0.2, 0.25) is 0 Å². The summed E-state index contributed by atoms with van der Waals surface area (Å²) in [4.78, 5) is 13.2. The summed E-state index contributed by atoms with van der Waals surface area (Å²) in [5.41, 5.74) is 0. The average Bonchev–Trinajstić information content (AvgIpc) is 2.71. The third-order valence-corrected chi connectivity index (χ3v) is 4.71. The zero-order valence-corrected chi connectivity index (χ0v) is 12.2. The van der Waals surface area contributed by atoms with Crippen molar-refractivity contribution in [2.24, 2.45) is 0 Å². The fourth-order valence-electron chi connectivity index (χ4n) is 1.18. The minimum atomic E-state index is -0.257. The number of thioether (sulfide) groups is 1. The SMILES string of the molecule is O=C(NCSc1ccccc1)c1snc(Cl)c1Cl. The molecule has 1 aromatic carbocycles. The summed E-state index contributed by atoms with van der Waals surface area (Å²) in [6.45, 7) is 0. The van der Waals surface area contributed by atoms with Crippen molar-refractivity contribution in [3.63, 3.8) is 0 Å². The first kappa shape index (κ1) is 13.7. The fourth-order valence-corrected chi connectivity index (χ4v) is 3.03. The highest BCUT2D eigenvalue weighted by molar-refractivity contribution is 7.99. The van der Waals surface area contributed by atoms with Crippen LogP contribution in [0.25, 0.3) is 0 Å². The molecule has 0 saturated heterocycles. The normalized spacial score (nSPS) is 10.3. The summed E-state index contributed by atoms with van der Waals surface area (Å²) < 4.78 is 3.81. The minimum absolute atomic E-state index is 0.169. The third kappa shape index (κ3) is 3.38. The molecule has 0 saturated carbocycles. The second-order valence-corrected chi connectivity index (χ2v) is 5.78. The van der Waals surface area contributed by atoms with Crippen molar-refractivity contribution >= 4 is 52.4 Å². The molecule has 7 heteroatoms. The first-order valence-electron chi connectivity index (χ1n) is 4.95. The van der Waals surface area contributed by atoms with E-state index in [9.17, 15) is 4.79 Å². The number of nitrogens with one attached hydrogen (secondary N) is 1. The van der Waals surface area contributed by atoms with Gasteiger partial charge in [0.15, 0.2) is 5.15 Å². The Balaban J connectivity index is 1.88. The zero-order chi connectivity index (χ0) is 13.0. The smallest absolute Gasteiger partial charge is 0.265 e. The minimum Gasteiger partial charge on any atom is -0.342 e. The van der Waals surface area contributed by atoms with Crippen molar-refractivity contribution < 1.29 is 4.79 Å². The molecule has 0 fully saturated rings. The molecule has 3 nitrogen and oxygen atoms in total. The lowest BCUT2D eigenvalue weighted by Gasteiger charge is -2.03. The Morgan fingerprint density at radius 3 is 2.67 bits per heavy atom. The number of rotatable bonds is 4. The van der Waals surface area contributed by atoms with Crippen LogP contribution in [-0.2, 0) is 0 Å². The summed E-state index contributed by atoms with van der Waals surface area (Å²) in [5, 5.41) is 3.13. The predicted molar refractivity (Wildman–Crippen MR) is 76.8 cm³/mol. The van der Waals surface area contributed by atoms with Crippen molar-refractivity contribution in [1.29, 1.82) is 0 Å². The molecule has 0 atom stereocenters. The van der Waals surface area contributed by atoms with Crippen molar-refractivity contribution in [2.45, 2.75) is 4.90 Å². The number of carbonyl (C=O) groups is 1. The van der Waals surface area contributed by atoms with Crippen LogP contribution in [0.2, 0.25) is 10.2 Å². The van der Waals surface area contributed by atoms with Gasteiger partial charge in [0.05, 0.1) is 5.88 Å². The lowest BCUT2D eigenvalue weighted by Crippen LogP contribution is -2.21. The number of amides is 1. The van der Waals surface area contributed by atoms with E-state index in [0.29, 0.717) is 10.8 Å². The summed E-state index contributed by atoms with van der Waals surface area (Å²) in [5.74, 6) is 0.210. The monoisotopic (exact) mass is 318 g/mol. The van der Waals surface area contributed by atoms with Crippen LogP contribution in [0.4, 0.5) is 0 Å². The van der Waals surface area contributed by atoms with Gasteiger partial charge in [-0.3, -0.25) is 4.79 Å². The van der Waals surface area contributed by atoms with E-state index in [1.165, 1.54) is 11.8 Å². The lowest BCUT2D eigenvalue weighted by atomic mass is 10.4. The van der Waals surface area contributed by atoms with E-state index in [2.05, 4.69) is 9.69 Å². The van der Waals surface area contributed by atoms with Crippen LogP contribution in [0.15, 0.2) is 35.2 Å². The van der Waals surface area contributed by atoms with E-state index < -0.39 is 0 Å². The van der Waals surface area contributed by atoms with Crippen molar-refractivity contribution in [3.05, 3.63) is 45.4 Å². The highest BCUT2D eigenvalue weighted by atomic mass is 35.5. The number of nitrogens with zero attached hydrogens (tertiary/aromatic N) is 1. The largest absolute Gasteiger partial charge is 0.342 e. The molecular formula is C11H8Cl2N2OS2. The molecular weight excluding hydrogens is 311 g/mol. The zero-order valence-electron chi connectivity index (χ0n) is 9.02. The van der Waals surface area contributed by atoms with Gasteiger partial charge in [-0.15, -0.1) is 11.8 Å². The first-order chi connectivity index (χ1) is 8.68. The maximum atomic E-state index is 11.8. The van der Waals surface area contributed by atoms with Crippen LogP contribution in [-0.4, -0.2) is 16.2 Å². The molecule has 0 aliphatic heterocycles. The highest BCUT2D eigenvalue weighted by Gasteiger charge is 2.16. The van der Waals surface area contributed by atoms with Gasteiger partial charge < -0.3 is 5.32 Å². The Bertz CT molecular complexity index is 545. The van der Waals surface area contributed by atoms with Crippen LogP contribution >= 0.6 is 46.5 Å². The second-order valence-electron chi connectivity index (χ2n) is 3.22. The molecule has 2 rings (SSSR count). The standard InChI is InChI=1S/C11H8Cl2N2OS2/c12-8-9(18-15-10(8)13)11(16)14-6-17-7-4-2-1-3-5-7/h1-5H,6H2,(H,14,16). The molecule has 1 heterocycles. The van der Waals surface area contributed by atoms with E-state index in [1.54, 1.807) is 0 Å². The Morgan fingerprint density at radius 2 is 2.06 bits per heavy atom. The topological polar surface area (TPSA) is 42.0 Å². The maximum Gasteiger partial charge on any atom is 0.265 e. The summed E-state index contributed by atoms with van der Waals surface area (Å²) >= 11 is 14.1. The van der Waals surface area contributed by atoms with Gasteiger partial charge in [0.1, 0.15) is 9.90 Å². The Hall–Kier alpha value is -0.750. The molecule has 2 aromatic rings. The van der Waals surface area contributed by atoms with Gasteiger partial charge in [0, 0.05) is 4.90 Å². The molecule has 0 unspecified atom stereocenters. The average molecular weight is 319 g/mol. The maximum absolute atomic E-state index is 11.8. The van der Waals surface area contributed by atoms with Crippen LogP contribution in [0.1, 0.15) is 9.67 Å². The quantitative estimate of drug-likeness (QED) is 0.686. The first-order valence-corrected chi connectivity index (χ1v) is 7.46. The molecule has 0 bridgehead atoms. The molecule has 0 radical (unpaired) electrons. The Labute approximate surface area is 123 Å². The van der Waals surface area contributed by atoms with Gasteiger partial charge >= 0.3 is 0 Å². The molecule has 0 spiro atoms. The van der Waals surface area contributed by atoms with E-state index in [1.807, 2.05) is 30.3 Å². The molecule has 18 heavy (non-hydrogen) atoms. The van der Waals surface area contributed by atoms with Gasteiger partial charge in [-0.05, 0) is 23.7 Å². The van der Waals surface area contributed by atoms with Gasteiger partial charge in [-0.25, -0.2) is 0 Å². The molecule has 94 valence electrons. The predicted octanol–water partition coefficient (Wildman–Crippen LogP) is 3.93. The van der Waals surface area contributed by atoms with Gasteiger partial charge in [-0.2, -0.15) is 4.37 Å². The third-order valence-electron chi connectivity index (χ3n) is 2.02. The van der Waals surface area contributed by atoms with E-state index >= 15 is 0 Å². The van der Waals surface area contributed by atoms with E-state index in [4.69, 9.17) is 23.2 Å². The Kier molecular flexibility index (Phi) is 4.88. The van der Waals surface area contributed by atoms with Crippen LogP contribution < -0.4 is 5.32 Å². The van der Waals surface area contributed by atoms with Gasteiger partial charge in [0.25, 0.3) is 5.91 Å². The summed E-state index contributed by atoms with van der Waals surface area (Å²) in [7, 11) is 0. The van der Waals surface area contributed by atoms with Crippen molar-refractivity contribution in [1.82, 2.24) is 9.69 Å². The molecule has 1 N–H and O–H groups in total. The number of hydrogen-bond acceptors (Lipinski definition) is 4. The number of aromatic nitrogens is 1. The summed E-state index contributed by atoms with van der Waals surface area (Å²) in [6, 6.07) is 9.80. The molecule has 0 aliphatic rings. The number of halogens is 2. The lowest BCUT2D eigenvalue weighted by molar-refractivity contribution is 0.0965. The molecule has 1 aromatic heterocycles. The highest BCUT2D eigenvalue weighted by Crippen LogP contribution is 2.28. The van der Waals surface area contributed by atoms with Crippen LogP contribution in [0, 0.1) is 0 Å². The molecule has 0 aliphatic carbocycles. The summed E-state index contributed by atoms with van der Waals surface area (Å²) in [6.07, 6.45) is 0. The van der Waals surface area contributed by atoms with Crippen LogP contribution in [0.3, 0.4) is 0 Å². The number of carbonyl (C=O) groups excluding carboxylic acids is 1. The number of benzene rings is 1. The number of hydrogen-bond donors (Lipinski definition) is 1. The van der Waals surface area contributed by atoms with E-state index in [0.717, 1.165) is 16.4 Å². The van der Waals surface area contributed by atoms with Gasteiger partial charge in [-0.1, -0.05) is 41.4 Å². The molecule has 1 amide bonds. The van der Waals surface area contributed by atoms with Crippen LogP contribution in [0.5, 0.6) is 0 Å². The van der Waals surface area contributed by atoms with E-state index in [-0.39, 0.29) is 16.1 Å². The fraction of sp³-hybridized carbons (Fsp3) is 0.0909. The second kappa shape index (κ2) is 6.43.